The number of aryl methyl sites for hydroxylation is 1. The molecule has 1 aromatic rings. The molecule has 0 fully saturated rings. The van der Waals surface area contributed by atoms with E-state index in [0.29, 0.717) is 18.4 Å². The molecule has 0 aromatic heterocycles. The molecule has 0 bridgehead atoms. The van der Waals surface area contributed by atoms with Gasteiger partial charge in [-0.3, -0.25) is 0 Å². The maximum Gasteiger partial charge on any atom is 0.122 e. The van der Waals surface area contributed by atoms with Gasteiger partial charge in [0.05, 0.1) is 0 Å². The standard InChI is InChI=1S/C14H19ClO/c1-10(2)13-6-5-12(4)14(7-13)16-9-11(3)8-15/h5-7,10H,3,8-9H2,1-2,4H3. The molecule has 0 radical (unpaired) electrons. The molecule has 16 heavy (non-hydrogen) atoms. The summed E-state index contributed by atoms with van der Waals surface area (Å²) in [4.78, 5) is 0. The average Bonchev–Trinajstić information content (AvgIpc) is 2.27. The lowest BCUT2D eigenvalue weighted by Crippen LogP contribution is -2.03. The number of ether oxygens (including phenoxy) is 1. The zero-order valence-corrected chi connectivity index (χ0v) is 11.0. The number of hydrogen-bond donors (Lipinski definition) is 0. The van der Waals surface area contributed by atoms with Crippen molar-refractivity contribution in [3.05, 3.63) is 41.5 Å². The van der Waals surface area contributed by atoms with Crippen molar-refractivity contribution >= 4 is 11.6 Å². The fourth-order valence-electron chi connectivity index (χ4n) is 1.35. The van der Waals surface area contributed by atoms with E-state index >= 15 is 0 Å². The van der Waals surface area contributed by atoms with Crippen LogP contribution < -0.4 is 4.74 Å². The first-order chi connectivity index (χ1) is 7.54. The SMILES string of the molecule is C=C(CCl)COc1cc(C(C)C)ccc1C. The van der Waals surface area contributed by atoms with Crippen LogP contribution in [0.4, 0.5) is 0 Å². The summed E-state index contributed by atoms with van der Waals surface area (Å²) in [5.41, 5.74) is 3.33. The number of halogens is 1. The van der Waals surface area contributed by atoms with Crippen LogP contribution in [0.5, 0.6) is 5.75 Å². The van der Waals surface area contributed by atoms with Crippen LogP contribution in [0.25, 0.3) is 0 Å². The molecule has 88 valence electrons. The minimum Gasteiger partial charge on any atom is -0.489 e. The highest BCUT2D eigenvalue weighted by Gasteiger charge is 2.05. The minimum atomic E-state index is 0.447. The number of alkyl halides is 1. The summed E-state index contributed by atoms with van der Waals surface area (Å²) in [6, 6.07) is 6.33. The Bertz CT molecular complexity index is 369. The van der Waals surface area contributed by atoms with E-state index in [-0.39, 0.29) is 0 Å². The van der Waals surface area contributed by atoms with Gasteiger partial charge in [-0.2, -0.15) is 0 Å². The van der Waals surface area contributed by atoms with Crippen LogP contribution in [0.2, 0.25) is 0 Å². The van der Waals surface area contributed by atoms with Gasteiger partial charge in [0, 0.05) is 5.88 Å². The van der Waals surface area contributed by atoms with Crippen LogP contribution in [0.15, 0.2) is 30.4 Å². The van der Waals surface area contributed by atoms with E-state index in [9.17, 15) is 0 Å². The third-order valence-corrected chi connectivity index (χ3v) is 2.88. The Morgan fingerprint density at radius 2 is 2.12 bits per heavy atom. The van der Waals surface area contributed by atoms with Crippen molar-refractivity contribution in [1.29, 1.82) is 0 Å². The molecule has 0 heterocycles. The van der Waals surface area contributed by atoms with E-state index in [0.717, 1.165) is 16.9 Å². The summed E-state index contributed by atoms with van der Waals surface area (Å²) in [6.07, 6.45) is 0. The zero-order chi connectivity index (χ0) is 12.1. The maximum atomic E-state index is 5.70. The van der Waals surface area contributed by atoms with Gasteiger partial charge in [-0.05, 0) is 35.6 Å². The smallest absolute Gasteiger partial charge is 0.122 e. The van der Waals surface area contributed by atoms with Gasteiger partial charge >= 0.3 is 0 Å². The topological polar surface area (TPSA) is 9.23 Å². The molecular weight excluding hydrogens is 220 g/mol. The van der Waals surface area contributed by atoms with Crippen LogP contribution in [-0.4, -0.2) is 12.5 Å². The van der Waals surface area contributed by atoms with E-state index < -0.39 is 0 Å². The molecule has 0 unspecified atom stereocenters. The van der Waals surface area contributed by atoms with Crippen molar-refractivity contribution in [1.82, 2.24) is 0 Å². The summed E-state index contributed by atoms with van der Waals surface area (Å²) in [5, 5.41) is 0. The first-order valence-electron chi connectivity index (χ1n) is 5.50. The van der Waals surface area contributed by atoms with Crippen molar-refractivity contribution < 1.29 is 4.74 Å². The minimum absolute atomic E-state index is 0.447. The molecule has 0 amide bonds. The molecule has 0 atom stereocenters. The van der Waals surface area contributed by atoms with Crippen molar-refractivity contribution in [3.63, 3.8) is 0 Å². The third kappa shape index (κ3) is 3.57. The highest BCUT2D eigenvalue weighted by atomic mass is 35.5. The number of benzene rings is 1. The Labute approximate surface area is 103 Å². The Kier molecular flexibility index (Phi) is 4.88. The molecule has 0 saturated heterocycles. The Morgan fingerprint density at radius 1 is 1.44 bits per heavy atom. The maximum absolute atomic E-state index is 5.70. The Balaban J connectivity index is 2.78. The second-order valence-corrected chi connectivity index (χ2v) is 4.62. The zero-order valence-electron chi connectivity index (χ0n) is 10.2. The van der Waals surface area contributed by atoms with Crippen LogP contribution in [0, 0.1) is 6.92 Å². The molecule has 0 spiro atoms. The molecule has 0 aliphatic heterocycles. The van der Waals surface area contributed by atoms with E-state index in [4.69, 9.17) is 16.3 Å². The fourth-order valence-corrected chi connectivity index (χ4v) is 1.43. The molecule has 0 saturated carbocycles. The van der Waals surface area contributed by atoms with E-state index in [1.54, 1.807) is 0 Å². The molecule has 0 aliphatic carbocycles. The number of rotatable bonds is 5. The van der Waals surface area contributed by atoms with Crippen LogP contribution in [0.3, 0.4) is 0 Å². The monoisotopic (exact) mass is 238 g/mol. The van der Waals surface area contributed by atoms with Gasteiger partial charge in [-0.1, -0.05) is 32.6 Å². The third-order valence-electron chi connectivity index (χ3n) is 2.50. The lowest BCUT2D eigenvalue weighted by molar-refractivity contribution is 0.350. The first-order valence-corrected chi connectivity index (χ1v) is 6.04. The highest BCUT2D eigenvalue weighted by Crippen LogP contribution is 2.24. The van der Waals surface area contributed by atoms with Gasteiger partial charge in [-0.15, -0.1) is 11.6 Å². The molecule has 1 nitrogen and oxygen atoms in total. The first kappa shape index (κ1) is 13.1. The van der Waals surface area contributed by atoms with Gasteiger partial charge in [-0.25, -0.2) is 0 Å². The average molecular weight is 239 g/mol. The van der Waals surface area contributed by atoms with Crippen molar-refractivity contribution in [2.75, 3.05) is 12.5 Å². The lowest BCUT2D eigenvalue weighted by atomic mass is 10.0. The van der Waals surface area contributed by atoms with Gasteiger partial charge in [0.2, 0.25) is 0 Å². The lowest BCUT2D eigenvalue weighted by Gasteiger charge is -2.13. The van der Waals surface area contributed by atoms with Crippen LogP contribution in [-0.2, 0) is 0 Å². The van der Waals surface area contributed by atoms with Gasteiger partial charge in [0.25, 0.3) is 0 Å². The molecule has 0 N–H and O–H groups in total. The van der Waals surface area contributed by atoms with E-state index in [1.165, 1.54) is 5.56 Å². The molecule has 1 rings (SSSR count). The summed E-state index contributed by atoms with van der Waals surface area (Å²) in [5.74, 6) is 1.89. The van der Waals surface area contributed by atoms with E-state index in [1.807, 2.05) is 6.92 Å². The second-order valence-electron chi connectivity index (χ2n) is 4.35. The van der Waals surface area contributed by atoms with Gasteiger partial charge in [0.1, 0.15) is 12.4 Å². The summed E-state index contributed by atoms with van der Waals surface area (Å²) < 4.78 is 5.70. The fraction of sp³-hybridized carbons (Fsp3) is 0.429. The Morgan fingerprint density at radius 3 is 2.69 bits per heavy atom. The Hall–Kier alpha value is -0.950. The van der Waals surface area contributed by atoms with Crippen LogP contribution >= 0.6 is 11.6 Å². The molecule has 2 heteroatoms. The van der Waals surface area contributed by atoms with Crippen molar-refractivity contribution in [3.8, 4) is 5.75 Å². The van der Waals surface area contributed by atoms with E-state index in [2.05, 4.69) is 38.6 Å². The van der Waals surface area contributed by atoms with Gasteiger partial charge in [0.15, 0.2) is 0 Å². The summed E-state index contributed by atoms with van der Waals surface area (Å²) in [7, 11) is 0. The molecular formula is C14H19ClO. The van der Waals surface area contributed by atoms with Gasteiger partial charge < -0.3 is 4.74 Å². The van der Waals surface area contributed by atoms with Crippen LogP contribution in [0.1, 0.15) is 30.9 Å². The molecule has 0 aliphatic rings. The second kappa shape index (κ2) is 5.95. The van der Waals surface area contributed by atoms with Crippen molar-refractivity contribution in [2.24, 2.45) is 0 Å². The molecule has 1 aromatic carbocycles. The largest absolute Gasteiger partial charge is 0.489 e. The number of hydrogen-bond acceptors (Lipinski definition) is 1. The normalized spacial score (nSPS) is 10.6. The summed E-state index contributed by atoms with van der Waals surface area (Å²) in [6.45, 7) is 10.7. The quantitative estimate of drug-likeness (QED) is 0.549. The highest BCUT2D eigenvalue weighted by molar-refractivity contribution is 6.19. The summed E-state index contributed by atoms with van der Waals surface area (Å²) >= 11 is 5.66. The predicted octanol–water partition coefficient (Wildman–Crippen LogP) is 4.29. The van der Waals surface area contributed by atoms with Crippen molar-refractivity contribution in [2.45, 2.75) is 26.7 Å². The predicted molar refractivity (Wildman–Crippen MR) is 70.6 cm³/mol.